The third-order valence-corrected chi connectivity index (χ3v) is 2.70. The summed E-state index contributed by atoms with van der Waals surface area (Å²) in [5, 5.41) is 26.3. The van der Waals surface area contributed by atoms with Gasteiger partial charge in [0.1, 0.15) is 11.6 Å². The molecule has 0 fully saturated rings. The van der Waals surface area contributed by atoms with Crippen LogP contribution in [0.25, 0.3) is 11.0 Å². The van der Waals surface area contributed by atoms with Gasteiger partial charge in [-0.1, -0.05) is 0 Å². The van der Waals surface area contributed by atoms with Crippen LogP contribution in [0.5, 0.6) is 0 Å². The van der Waals surface area contributed by atoms with Crippen molar-refractivity contribution in [3.63, 3.8) is 0 Å². The number of H-pyrrole nitrogens is 1. The molecule has 0 aliphatic heterocycles. The number of aromatic nitrogens is 3. The number of rotatable bonds is 5. The molecule has 0 radical (unpaired) electrons. The molecule has 7 heteroatoms. The summed E-state index contributed by atoms with van der Waals surface area (Å²) in [6.45, 7) is 1.92. The average Bonchev–Trinajstić information content (AvgIpc) is 2.85. The van der Waals surface area contributed by atoms with E-state index in [9.17, 15) is 15.0 Å². The third-order valence-electron chi connectivity index (χ3n) is 2.70. The van der Waals surface area contributed by atoms with Crippen molar-refractivity contribution >= 4 is 17.0 Å². The number of hydrogen-bond acceptors (Lipinski definition) is 6. The predicted molar refractivity (Wildman–Crippen MR) is 66.1 cm³/mol. The molecule has 19 heavy (non-hydrogen) atoms. The van der Waals surface area contributed by atoms with Gasteiger partial charge < -0.3 is 14.9 Å². The van der Waals surface area contributed by atoms with E-state index in [1.165, 1.54) is 6.20 Å². The molecular formula is C12H15N3O4. The molecule has 0 saturated heterocycles. The second-order valence-corrected chi connectivity index (χ2v) is 4.09. The number of aliphatic hydroxyl groups excluding tert-OH is 2. The van der Waals surface area contributed by atoms with E-state index in [4.69, 9.17) is 4.74 Å². The van der Waals surface area contributed by atoms with Crippen molar-refractivity contribution in [3.8, 4) is 0 Å². The Hall–Kier alpha value is -1.99. The normalized spacial score (nSPS) is 14.3. The zero-order valence-corrected chi connectivity index (χ0v) is 10.4. The van der Waals surface area contributed by atoms with Crippen LogP contribution in [0.2, 0.25) is 0 Å². The Kier molecular flexibility index (Phi) is 4.08. The van der Waals surface area contributed by atoms with Gasteiger partial charge in [-0.05, 0) is 13.0 Å². The first-order valence-corrected chi connectivity index (χ1v) is 5.92. The first-order valence-electron chi connectivity index (χ1n) is 5.92. The Morgan fingerprint density at radius 1 is 1.47 bits per heavy atom. The third kappa shape index (κ3) is 3.07. The highest BCUT2D eigenvalue weighted by Crippen LogP contribution is 2.21. The van der Waals surface area contributed by atoms with Gasteiger partial charge in [0.2, 0.25) is 0 Å². The highest BCUT2D eigenvalue weighted by molar-refractivity contribution is 5.73. The second kappa shape index (κ2) is 5.77. The predicted octanol–water partition coefficient (Wildman–Crippen LogP) is 0.305. The van der Waals surface area contributed by atoms with Crippen molar-refractivity contribution in [1.82, 2.24) is 15.2 Å². The maximum Gasteiger partial charge on any atom is 0.308 e. The molecule has 2 aromatic rings. The van der Waals surface area contributed by atoms with Gasteiger partial charge in [0, 0.05) is 11.8 Å². The fraction of sp³-hybridized carbons (Fsp3) is 0.417. The number of ether oxygens (including phenoxy) is 1. The monoisotopic (exact) mass is 265 g/mol. The zero-order valence-electron chi connectivity index (χ0n) is 10.4. The Labute approximate surface area is 109 Å². The van der Waals surface area contributed by atoms with Gasteiger partial charge >= 0.3 is 5.97 Å². The van der Waals surface area contributed by atoms with Crippen LogP contribution in [0.3, 0.4) is 0 Å². The van der Waals surface area contributed by atoms with Gasteiger partial charge in [-0.15, -0.1) is 0 Å². The Morgan fingerprint density at radius 3 is 3.00 bits per heavy atom. The minimum Gasteiger partial charge on any atom is -0.466 e. The van der Waals surface area contributed by atoms with Crippen LogP contribution in [0.15, 0.2) is 18.5 Å². The number of aliphatic hydroxyl groups is 2. The molecule has 102 valence electrons. The SMILES string of the molecule is CCOC(=O)CC(O)C(O)c1cnc2cn[nH]c2c1. The molecule has 2 atom stereocenters. The quantitative estimate of drug-likeness (QED) is 0.671. The van der Waals surface area contributed by atoms with E-state index < -0.39 is 18.2 Å². The van der Waals surface area contributed by atoms with Crippen molar-refractivity contribution in [2.45, 2.75) is 25.6 Å². The summed E-state index contributed by atoms with van der Waals surface area (Å²) in [5.41, 5.74) is 1.73. The number of fused-ring (bicyclic) bond motifs is 1. The molecule has 2 rings (SSSR count). The topological polar surface area (TPSA) is 108 Å². The van der Waals surface area contributed by atoms with Crippen molar-refractivity contribution < 1.29 is 19.7 Å². The van der Waals surface area contributed by atoms with E-state index in [2.05, 4.69) is 15.2 Å². The maximum atomic E-state index is 11.2. The van der Waals surface area contributed by atoms with Gasteiger partial charge in [0.05, 0.1) is 30.8 Å². The number of aromatic amines is 1. The van der Waals surface area contributed by atoms with Gasteiger partial charge in [-0.2, -0.15) is 5.10 Å². The molecule has 0 spiro atoms. The summed E-state index contributed by atoms with van der Waals surface area (Å²) in [7, 11) is 0. The highest BCUT2D eigenvalue weighted by Gasteiger charge is 2.22. The fourth-order valence-corrected chi connectivity index (χ4v) is 1.73. The van der Waals surface area contributed by atoms with Crippen LogP contribution in [-0.2, 0) is 9.53 Å². The lowest BCUT2D eigenvalue weighted by molar-refractivity contribution is -0.147. The van der Waals surface area contributed by atoms with E-state index in [0.29, 0.717) is 16.6 Å². The van der Waals surface area contributed by atoms with Crippen LogP contribution in [0.1, 0.15) is 25.0 Å². The maximum absolute atomic E-state index is 11.2. The first-order chi connectivity index (χ1) is 9.11. The summed E-state index contributed by atoms with van der Waals surface area (Å²) in [5.74, 6) is -0.551. The van der Waals surface area contributed by atoms with Crippen LogP contribution in [-0.4, -0.2) is 44.1 Å². The molecule has 2 aromatic heterocycles. The van der Waals surface area contributed by atoms with E-state index in [0.717, 1.165) is 0 Å². The number of carbonyl (C=O) groups excluding carboxylic acids is 1. The van der Waals surface area contributed by atoms with Crippen molar-refractivity contribution in [2.24, 2.45) is 0 Å². The minimum absolute atomic E-state index is 0.239. The first kappa shape index (κ1) is 13.4. The van der Waals surface area contributed by atoms with Gasteiger partial charge in [-0.3, -0.25) is 14.9 Å². The van der Waals surface area contributed by atoms with Crippen molar-refractivity contribution in [3.05, 3.63) is 24.0 Å². The summed E-state index contributed by atoms with van der Waals surface area (Å²) < 4.78 is 4.71. The molecule has 0 amide bonds. The number of esters is 1. The molecule has 0 aromatic carbocycles. The number of nitrogens with zero attached hydrogens (tertiary/aromatic N) is 2. The Morgan fingerprint density at radius 2 is 2.26 bits per heavy atom. The average molecular weight is 265 g/mol. The molecule has 2 unspecified atom stereocenters. The largest absolute Gasteiger partial charge is 0.466 e. The lowest BCUT2D eigenvalue weighted by Gasteiger charge is -2.17. The van der Waals surface area contributed by atoms with Gasteiger partial charge in [-0.25, -0.2) is 0 Å². The molecule has 7 nitrogen and oxygen atoms in total. The lowest BCUT2D eigenvalue weighted by Crippen LogP contribution is -2.23. The van der Waals surface area contributed by atoms with Crippen molar-refractivity contribution in [2.75, 3.05) is 6.61 Å². The van der Waals surface area contributed by atoms with Crippen LogP contribution in [0.4, 0.5) is 0 Å². The number of nitrogens with one attached hydrogen (secondary N) is 1. The van der Waals surface area contributed by atoms with Crippen LogP contribution < -0.4 is 0 Å². The molecule has 0 saturated carbocycles. The van der Waals surface area contributed by atoms with Crippen molar-refractivity contribution in [1.29, 1.82) is 0 Å². The lowest BCUT2D eigenvalue weighted by atomic mass is 10.0. The highest BCUT2D eigenvalue weighted by atomic mass is 16.5. The number of hydrogen-bond donors (Lipinski definition) is 3. The number of pyridine rings is 1. The van der Waals surface area contributed by atoms with Gasteiger partial charge in [0.15, 0.2) is 0 Å². The minimum atomic E-state index is -1.23. The zero-order chi connectivity index (χ0) is 13.8. The Bertz CT molecular complexity index is 569. The smallest absolute Gasteiger partial charge is 0.308 e. The van der Waals surface area contributed by atoms with Crippen LogP contribution in [0, 0.1) is 0 Å². The molecule has 0 aliphatic carbocycles. The second-order valence-electron chi connectivity index (χ2n) is 4.09. The molecule has 0 bridgehead atoms. The summed E-state index contributed by atoms with van der Waals surface area (Å²) in [6.07, 6.45) is 0.291. The van der Waals surface area contributed by atoms with E-state index >= 15 is 0 Å². The van der Waals surface area contributed by atoms with Crippen LogP contribution >= 0.6 is 0 Å². The Balaban J connectivity index is 2.09. The van der Waals surface area contributed by atoms with Gasteiger partial charge in [0.25, 0.3) is 0 Å². The number of carbonyl (C=O) groups is 1. The summed E-state index contributed by atoms with van der Waals surface area (Å²) in [6, 6.07) is 1.63. The summed E-state index contributed by atoms with van der Waals surface area (Å²) >= 11 is 0. The molecule has 3 N–H and O–H groups in total. The molecule has 0 aliphatic rings. The molecule has 2 heterocycles. The fourth-order valence-electron chi connectivity index (χ4n) is 1.73. The van der Waals surface area contributed by atoms with E-state index in [-0.39, 0.29) is 13.0 Å². The van der Waals surface area contributed by atoms with E-state index in [1.807, 2.05) is 0 Å². The molecular weight excluding hydrogens is 250 g/mol. The summed E-state index contributed by atoms with van der Waals surface area (Å²) in [4.78, 5) is 15.3. The standard InChI is InChI=1S/C12H15N3O4/c1-2-19-11(17)4-10(16)12(18)7-3-8-9(13-5-7)6-14-15-8/h3,5-6,10,12,16,18H,2,4H2,1H3,(H,14,15). The van der Waals surface area contributed by atoms with E-state index in [1.54, 1.807) is 19.2 Å².